The third kappa shape index (κ3) is 7.95. The topological polar surface area (TPSA) is 86.8 Å². The van der Waals surface area contributed by atoms with Gasteiger partial charge in [-0.15, -0.1) is 0 Å². The molecule has 2 aromatic carbocycles. The highest BCUT2D eigenvalue weighted by molar-refractivity contribution is 7.92. The van der Waals surface area contributed by atoms with Gasteiger partial charge in [0.15, 0.2) is 0 Å². The number of benzene rings is 2. The van der Waals surface area contributed by atoms with Crippen LogP contribution in [0.1, 0.15) is 69.9 Å². The summed E-state index contributed by atoms with van der Waals surface area (Å²) >= 11 is 6.38. The normalized spacial score (nSPS) is 15.3. The fourth-order valence-electron chi connectivity index (χ4n) is 4.60. The number of carbonyl (C=O) groups excluding carboxylic acids is 2. The lowest BCUT2D eigenvalue weighted by Gasteiger charge is -2.33. The van der Waals surface area contributed by atoms with Crippen molar-refractivity contribution in [2.75, 3.05) is 17.1 Å². The highest BCUT2D eigenvalue weighted by Crippen LogP contribution is 2.24. The van der Waals surface area contributed by atoms with E-state index in [9.17, 15) is 18.0 Å². The second-order valence-corrected chi connectivity index (χ2v) is 12.5. The van der Waals surface area contributed by atoms with E-state index >= 15 is 0 Å². The number of carbonyl (C=O) groups is 2. The summed E-state index contributed by atoms with van der Waals surface area (Å²) in [6, 6.07) is 13.6. The number of rotatable bonds is 10. The molecule has 9 heteroatoms. The first kappa shape index (κ1) is 29.0. The molecular weight excluding hydrogens is 510 g/mol. The van der Waals surface area contributed by atoms with Gasteiger partial charge in [0.1, 0.15) is 12.6 Å². The summed E-state index contributed by atoms with van der Waals surface area (Å²) in [5.74, 6) is -0.443. The Bertz CT molecular complexity index is 1180. The molecule has 1 saturated carbocycles. The predicted molar refractivity (Wildman–Crippen MR) is 149 cm³/mol. The van der Waals surface area contributed by atoms with Crippen LogP contribution < -0.4 is 9.62 Å². The number of anilines is 1. The van der Waals surface area contributed by atoms with Crippen molar-refractivity contribution in [2.24, 2.45) is 0 Å². The lowest BCUT2D eigenvalue weighted by Crippen LogP contribution is -2.53. The van der Waals surface area contributed by atoms with Gasteiger partial charge in [-0.2, -0.15) is 0 Å². The van der Waals surface area contributed by atoms with Crippen LogP contribution in [0.5, 0.6) is 0 Å². The Morgan fingerprint density at radius 1 is 1.00 bits per heavy atom. The largest absolute Gasteiger partial charge is 0.352 e. The van der Waals surface area contributed by atoms with Gasteiger partial charge in [-0.3, -0.25) is 13.9 Å². The van der Waals surface area contributed by atoms with Crippen LogP contribution in [0.25, 0.3) is 0 Å². The van der Waals surface area contributed by atoms with Gasteiger partial charge >= 0.3 is 0 Å². The monoisotopic (exact) mass is 547 g/mol. The Morgan fingerprint density at radius 3 is 2.19 bits per heavy atom. The third-order valence-corrected chi connectivity index (χ3v) is 8.45. The average Bonchev–Trinajstić information content (AvgIpc) is 2.86. The van der Waals surface area contributed by atoms with E-state index in [1.54, 1.807) is 37.3 Å². The van der Waals surface area contributed by atoms with Gasteiger partial charge in [-0.05, 0) is 55.0 Å². The molecule has 0 bridgehead atoms. The zero-order chi connectivity index (χ0) is 27.2. The van der Waals surface area contributed by atoms with E-state index in [1.165, 1.54) is 11.3 Å². The Hall–Kier alpha value is -2.58. The maximum absolute atomic E-state index is 13.7. The van der Waals surface area contributed by atoms with Gasteiger partial charge in [-0.1, -0.05) is 75.0 Å². The molecule has 1 aliphatic rings. The molecule has 1 fully saturated rings. The van der Waals surface area contributed by atoms with E-state index in [0.29, 0.717) is 16.3 Å². The molecule has 0 radical (unpaired) electrons. The summed E-state index contributed by atoms with van der Waals surface area (Å²) < 4.78 is 26.6. The predicted octanol–water partition coefficient (Wildman–Crippen LogP) is 5.10. The molecule has 0 saturated heterocycles. The van der Waals surface area contributed by atoms with Gasteiger partial charge in [0, 0.05) is 17.6 Å². The second-order valence-electron chi connectivity index (χ2n) is 10.1. The molecule has 3 rings (SSSR count). The number of hydrogen-bond donors (Lipinski definition) is 1. The van der Waals surface area contributed by atoms with Crippen molar-refractivity contribution in [3.8, 4) is 0 Å². The van der Waals surface area contributed by atoms with Crippen LogP contribution in [0.4, 0.5) is 5.69 Å². The SMILES string of the molecule is CC(C)c1ccc(N(CC(=O)N(Cc2ccccc2Cl)[C@H](C)C(=O)NC2CCCCC2)S(C)(=O)=O)cc1. The van der Waals surface area contributed by atoms with Gasteiger partial charge in [0.05, 0.1) is 11.9 Å². The minimum atomic E-state index is -3.77. The molecule has 0 aromatic heterocycles. The number of hydrogen-bond acceptors (Lipinski definition) is 4. The molecule has 0 aliphatic heterocycles. The van der Waals surface area contributed by atoms with Gasteiger partial charge in [0.2, 0.25) is 21.8 Å². The van der Waals surface area contributed by atoms with Crippen molar-refractivity contribution in [1.82, 2.24) is 10.2 Å². The van der Waals surface area contributed by atoms with Gasteiger partial charge in [-0.25, -0.2) is 8.42 Å². The molecule has 0 unspecified atom stereocenters. The standard InChI is InChI=1S/C28H38ClN3O4S/c1-20(2)22-14-16-25(17-15-22)32(37(4,35)36)19-27(33)31(18-23-10-8-9-13-26(23)29)21(3)28(34)30-24-11-6-5-7-12-24/h8-10,13-17,20-21,24H,5-7,11-12,18-19H2,1-4H3,(H,30,34)/t21-/m1/s1. The highest BCUT2D eigenvalue weighted by Gasteiger charge is 2.31. The molecule has 2 amide bonds. The fraction of sp³-hybridized carbons (Fsp3) is 0.500. The van der Waals surface area contributed by atoms with E-state index in [0.717, 1.165) is 41.8 Å². The maximum atomic E-state index is 13.7. The van der Waals surface area contributed by atoms with Crippen molar-refractivity contribution < 1.29 is 18.0 Å². The third-order valence-electron chi connectivity index (χ3n) is 6.94. The van der Waals surface area contributed by atoms with Crippen LogP contribution in [0, 0.1) is 0 Å². The summed E-state index contributed by atoms with van der Waals surface area (Å²) in [4.78, 5) is 28.3. The first-order valence-electron chi connectivity index (χ1n) is 12.9. The minimum absolute atomic E-state index is 0.0850. The first-order chi connectivity index (χ1) is 17.5. The van der Waals surface area contributed by atoms with Crippen LogP contribution in [-0.2, 0) is 26.2 Å². The van der Waals surface area contributed by atoms with E-state index in [1.807, 2.05) is 18.2 Å². The Balaban J connectivity index is 1.87. The minimum Gasteiger partial charge on any atom is -0.352 e. The van der Waals surface area contributed by atoms with Gasteiger partial charge in [0.25, 0.3) is 0 Å². The quantitative estimate of drug-likeness (QED) is 0.448. The van der Waals surface area contributed by atoms with Crippen LogP contribution in [-0.4, -0.2) is 50.0 Å². The lowest BCUT2D eigenvalue weighted by atomic mass is 9.95. The summed E-state index contributed by atoms with van der Waals surface area (Å²) in [7, 11) is -3.77. The highest BCUT2D eigenvalue weighted by atomic mass is 35.5. The van der Waals surface area contributed by atoms with Gasteiger partial charge < -0.3 is 10.2 Å². The fourth-order valence-corrected chi connectivity index (χ4v) is 5.65. The van der Waals surface area contributed by atoms with Crippen molar-refractivity contribution >= 4 is 39.1 Å². The van der Waals surface area contributed by atoms with Crippen LogP contribution in [0.2, 0.25) is 5.02 Å². The van der Waals surface area contributed by atoms with Crippen LogP contribution in [0.15, 0.2) is 48.5 Å². The molecule has 7 nitrogen and oxygen atoms in total. The lowest BCUT2D eigenvalue weighted by molar-refractivity contribution is -0.139. The number of nitrogens with zero attached hydrogens (tertiary/aromatic N) is 2. The zero-order valence-corrected chi connectivity index (χ0v) is 23.7. The number of sulfonamides is 1. The van der Waals surface area contributed by atoms with E-state index in [4.69, 9.17) is 11.6 Å². The second kappa shape index (κ2) is 12.8. The molecule has 0 spiro atoms. The first-order valence-corrected chi connectivity index (χ1v) is 15.1. The molecule has 1 N–H and O–H groups in total. The maximum Gasteiger partial charge on any atom is 0.244 e. The van der Waals surface area contributed by atoms with E-state index in [-0.39, 0.29) is 24.4 Å². The molecule has 0 heterocycles. The Labute approximate surface area is 226 Å². The Kier molecular flexibility index (Phi) is 10.0. The smallest absolute Gasteiger partial charge is 0.244 e. The van der Waals surface area contributed by atoms with Crippen LogP contribution >= 0.6 is 11.6 Å². The van der Waals surface area contributed by atoms with Crippen molar-refractivity contribution in [1.29, 1.82) is 0 Å². The Morgan fingerprint density at radius 2 is 1.62 bits per heavy atom. The number of halogens is 1. The molecule has 1 atom stereocenters. The van der Waals surface area contributed by atoms with E-state index < -0.39 is 28.5 Å². The molecule has 1 aliphatic carbocycles. The van der Waals surface area contributed by atoms with Crippen LogP contribution in [0.3, 0.4) is 0 Å². The average molecular weight is 548 g/mol. The molecule has 202 valence electrons. The van der Waals surface area contributed by atoms with Crippen molar-refractivity contribution in [2.45, 2.75) is 77.4 Å². The molecule has 2 aromatic rings. The number of amides is 2. The van der Waals surface area contributed by atoms with E-state index in [2.05, 4.69) is 19.2 Å². The van der Waals surface area contributed by atoms with Crippen molar-refractivity contribution in [3.63, 3.8) is 0 Å². The number of nitrogens with one attached hydrogen (secondary N) is 1. The molecular formula is C28H38ClN3O4S. The van der Waals surface area contributed by atoms with Crippen molar-refractivity contribution in [3.05, 3.63) is 64.7 Å². The summed E-state index contributed by atoms with van der Waals surface area (Å²) in [6.07, 6.45) is 6.23. The zero-order valence-electron chi connectivity index (χ0n) is 22.1. The molecule has 37 heavy (non-hydrogen) atoms. The summed E-state index contributed by atoms with van der Waals surface area (Å²) in [6.45, 7) is 5.44. The summed E-state index contributed by atoms with van der Waals surface area (Å²) in [5.41, 5.74) is 2.15. The summed E-state index contributed by atoms with van der Waals surface area (Å²) in [5, 5.41) is 3.57.